The van der Waals surface area contributed by atoms with Crippen molar-refractivity contribution >= 4 is 27.2 Å². The van der Waals surface area contributed by atoms with Crippen molar-refractivity contribution in [2.45, 2.75) is 18.9 Å². The standard InChI is InChI=1S/C10H10N2S/c1-2-7(1)12-10-8-4-6-13-9(8)3-5-11-10/h3-7H,1-2H2,(H,11,12). The van der Waals surface area contributed by atoms with Gasteiger partial charge in [-0.25, -0.2) is 4.98 Å². The molecule has 1 aliphatic carbocycles. The highest BCUT2D eigenvalue weighted by molar-refractivity contribution is 7.17. The van der Waals surface area contributed by atoms with Crippen LogP contribution in [0.2, 0.25) is 0 Å². The molecular weight excluding hydrogens is 180 g/mol. The van der Waals surface area contributed by atoms with Crippen LogP contribution in [0.25, 0.3) is 10.1 Å². The van der Waals surface area contributed by atoms with E-state index < -0.39 is 0 Å². The second-order valence-corrected chi connectivity index (χ2v) is 4.36. The summed E-state index contributed by atoms with van der Waals surface area (Å²) in [5, 5.41) is 6.82. The van der Waals surface area contributed by atoms with E-state index in [9.17, 15) is 0 Å². The number of nitrogens with zero attached hydrogens (tertiary/aromatic N) is 1. The van der Waals surface area contributed by atoms with Gasteiger partial charge in [-0.15, -0.1) is 11.3 Å². The number of aromatic nitrogens is 1. The molecule has 66 valence electrons. The molecule has 1 fully saturated rings. The lowest BCUT2D eigenvalue weighted by molar-refractivity contribution is 1.12. The van der Waals surface area contributed by atoms with E-state index in [1.165, 1.54) is 22.9 Å². The Morgan fingerprint density at radius 2 is 2.31 bits per heavy atom. The van der Waals surface area contributed by atoms with E-state index in [0.717, 1.165) is 5.82 Å². The van der Waals surface area contributed by atoms with Gasteiger partial charge in [0.05, 0.1) is 0 Å². The van der Waals surface area contributed by atoms with Crippen molar-refractivity contribution < 1.29 is 0 Å². The predicted octanol–water partition coefficient (Wildman–Crippen LogP) is 2.87. The third-order valence-electron chi connectivity index (χ3n) is 2.30. The fourth-order valence-electron chi connectivity index (χ4n) is 1.43. The zero-order chi connectivity index (χ0) is 8.67. The van der Waals surface area contributed by atoms with Crippen LogP contribution in [0, 0.1) is 0 Å². The van der Waals surface area contributed by atoms with Crippen LogP contribution in [0.15, 0.2) is 23.7 Å². The number of hydrogen-bond acceptors (Lipinski definition) is 3. The van der Waals surface area contributed by atoms with Gasteiger partial charge in [-0.2, -0.15) is 0 Å². The summed E-state index contributed by atoms with van der Waals surface area (Å²) in [6.07, 6.45) is 4.47. The second kappa shape index (κ2) is 2.70. The highest BCUT2D eigenvalue weighted by atomic mass is 32.1. The minimum atomic E-state index is 0.679. The van der Waals surface area contributed by atoms with E-state index in [2.05, 4.69) is 27.8 Å². The highest BCUT2D eigenvalue weighted by Crippen LogP contribution is 2.30. The molecular formula is C10H10N2S. The predicted molar refractivity (Wildman–Crippen MR) is 56.3 cm³/mol. The molecule has 0 saturated heterocycles. The number of fused-ring (bicyclic) bond motifs is 1. The molecule has 0 radical (unpaired) electrons. The van der Waals surface area contributed by atoms with Gasteiger partial charge in [0.15, 0.2) is 0 Å². The molecule has 3 heteroatoms. The summed E-state index contributed by atoms with van der Waals surface area (Å²) < 4.78 is 1.32. The minimum Gasteiger partial charge on any atom is -0.367 e. The Morgan fingerprint density at radius 3 is 3.15 bits per heavy atom. The average molecular weight is 190 g/mol. The summed E-state index contributed by atoms with van der Waals surface area (Å²) in [4.78, 5) is 4.35. The Morgan fingerprint density at radius 1 is 1.38 bits per heavy atom. The van der Waals surface area contributed by atoms with Crippen molar-refractivity contribution in [3.05, 3.63) is 23.7 Å². The lowest BCUT2D eigenvalue weighted by Gasteiger charge is -2.03. The number of pyridine rings is 1. The van der Waals surface area contributed by atoms with Gasteiger partial charge in [-0.1, -0.05) is 0 Å². The Bertz CT molecular complexity index is 431. The smallest absolute Gasteiger partial charge is 0.134 e. The Balaban J connectivity index is 2.09. The van der Waals surface area contributed by atoms with Crippen molar-refractivity contribution in [1.82, 2.24) is 4.98 Å². The Kier molecular flexibility index (Phi) is 1.52. The van der Waals surface area contributed by atoms with E-state index in [1.807, 2.05) is 6.20 Å². The first-order valence-corrected chi connectivity index (χ1v) is 5.40. The first-order valence-electron chi connectivity index (χ1n) is 4.52. The van der Waals surface area contributed by atoms with Gasteiger partial charge in [0.2, 0.25) is 0 Å². The zero-order valence-corrected chi connectivity index (χ0v) is 7.97. The molecule has 13 heavy (non-hydrogen) atoms. The Labute approximate surface area is 80.6 Å². The van der Waals surface area contributed by atoms with Crippen LogP contribution in [0.5, 0.6) is 0 Å². The van der Waals surface area contributed by atoms with Crippen LogP contribution < -0.4 is 5.32 Å². The maximum atomic E-state index is 4.35. The molecule has 0 aromatic carbocycles. The van der Waals surface area contributed by atoms with E-state index in [0.29, 0.717) is 6.04 Å². The zero-order valence-electron chi connectivity index (χ0n) is 7.16. The second-order valence-electron chi connectivity index (χ2n) is 3.41. The van der Waals surface area contributed by atoms with Crippen LogP contribution in [-0.2, 0) is 0 Å². The third-order valence-corrected chi connectivity index (χ3v) is 3.18. The van der Waals surface area contributed by atoms with Crippen molar-refractivity contribution in [2.75, 3.05) is 5.32 Å². The first kappa shape index (κ1) is 7.33. The number of hydrogen-bond donors (Lipinski definition) is 1. The lowest BCUT2D eigenvalue weighted by atomic mass is 10.3. The van der Waals surface area contributed by atoms with E-state index in [1.54, 1.807) is 11.3 Å². The molecule has 0 bridgehead atoms. The van der Waals surface area contributed by atoms with Crippen molar-refractivity contribution in [3.63, 3.8) is 0 Å². The molecule has 3 rings (SSSR count). The summed E-state index contributed by atoms with van der Waals surface area (Å²) in [5.74, 6) is 1.06. The van der Waals surface area contributed by atoms with E-state index >= 15 is 0 Å². The van der Waals surface area contributed by atoms with Crippen LogP contribution in [0.3, 0.4) is 0 Å². The number of rotatable bonds is 2. The van der Waals surface area contributed by atoms with Gasteiger partial charge in [0.1, 0.15) is 5.82 Å². The summed E-state index contributed by atoms with van der Waals surface area (Å²) >= 11 is 1.77. The van der Waals surface area contributed by atoms with Crippen LogP contribution >= 0.6 is 11.3 Å². The van der Waals surface area contributed by atoms with Gasteiger partial charge >= 0.3 is 0 Å². The topological polar surface area (TPSA) is 24.9 Å². The molecule has 2 aromatic rings. The molecule has 2 nitrogen and oxygen atoms in total. The molecule has 0 spiro atoms. The molecule has 1 saturated carbocycles. The van der Waals surface area contributed by atoms with Gasteiger partial charge < -0.3 is 5.32 Å². The van der Waals surface area contributed by atoms with Crippen molar-refractivity contribution in [2.24, 2.45) is 0 Å². The molecule has 2 aromatic heterocycles. The summed E-state index contributed by atoms with van der Waals surface area (Å²) in [7, 11) is 0. The van der Waals surface area contributed by atoms with Gasteiger partial charge in [-0.05, 0) is 30.4 Å². The highest BCUT2D eigenvalue weighted by Gasteiger charge is 2.21. The quantitative estimate of drug-likeness (QED) is 0.787. The molecule has 1 aliphatic rings. The van der Waals surface area contributed by atoms with Gasteiger partial charge in [-0.3, -0.25) is 0 Å². The molecule has 0 atom stereocenters. The molecule has 0 amide bonds. The summed E-state index contributed by atoms with van der Waals surface area (Å²) in [6.45, 7) is 0. The minimum absolute atomic E-state index is 0.679. The Hall–Kier alpha value is -1.09. The average Bonchev–Trinajstić information content (AvgIpc) is 2.83. The van der Waals surface area contributed by atoms with Crippen LogP contribution in [-0.4, -0.2) is 11.0 Å². The molecule has 1 N–H and O–H groups in total. The summed E-state index contributed by atoms with van der Waals surface area (Å²) in [6, 6.07) is 4.88. The number of anilines is 1. The largest absolute Gasteiger partial charge is 0.367 e. The number of nitrogens with one attached hydrogen (secondary N) is 1. The fourth-order valence-corrected chi connectivity index (χ4v) is 2.21. The molecule has 0 aliphatic heterocycles. The fraction of sp³-hybridized carbons (Fsp3) is 0.300. The maximum Gasteiger partial charge on any atom is 0.134 e. The van der Waals surface area contributed by atoms with Crippen molar-refractivity contribution in [1.29, 1.82) is 0 Å². The summed E-state index contributed by atoms with van der Waals surface area (Å²) in [5.41, 5.74) is 0. The molecule has 0 unspecified atom stereocenters. The van der Waals surface area contributed by atoms with E-state index in [-0.39, 0.29) is 0 Å². The SMILES string of the molecule is c1cc2sccc2c(NC2CC2)n1. The van der Waals surface area contributed by atoms with Gasteiger partial charge in [0.25, 0.3) is 0 Å². The normalized spacial score (nSPS) is 16.3. The van der Waals surface area contributed by atoms with Gasteiger partial charge in [0, 0.05) is 22.3 Å². The first-order chi connectivity index (χ1) is 6.43. The van der Waals surface area contributed by atoms with Crippen LogP contribution in [0.1, 0.15) is 12.8 Å². The van der Waals surface area contributed by atoms with Crippen LogP contribution in [0.4, 0.5) is 5.82 Å². The third kappa shape index (κ3) is 1.29. The van der Waals surface area contributed by atoms with Crippen molar-refractivity contribution in [3.8, 4) is 0 Å². The number of thiophene rings is 1. The van der Waals surface area contributed by atoms with E-state index in [4.69, 9.17) is 0 Å². The lowest BCUT2D eigenvalue weighted by Crippen LogP contribution is -2.02. The monoisotopic (exact) mass is 190 g/mol. The molecule has 2 heterocycles. The maximum absolute atomic E-state index is 4.35.